The van der Waals surface area contributed by atoms with Gasteiger partial charge in [-0.1, -0.05) is 82.2 Å². The molecular weight excluding hydrogens is 427 g/mol. The molecule has 0 fully saturated rings. The van der Waals surface area contributed by atoms with Crippen LogP contribution in [-0.4, -0.2) is 13.0 Å². The van der Waals surface area contributed by atoms with E-state index in [4.69, 9.17) is 4.74 Å². The summed E-state index contributed by atoms with van der Waals surface area (Å²) < 4.78 is 38.1. The molecule has 2 aromatic rings. The topological polar surface area (TPSA) is 86.7 Å². The van der Waals surface area contributed by atoms with Crippen LogP contribution < -0.4 is 61.2 Å². The van der Waals surface area contributed by atoms with Crippen molar-refractivity contribution in [2.24, 2.45) is 0 Å². The summed E-state index contributed by atoms with van der Waals surface area (Å²) >= 11 is 0. The third-order valence-electron chi connectivity index (χ3n) is 4.95. The molecule has 0 saturated heterocycles. The summed E-state index contributed by atoms with van der Waals surface area (Å²) in [5.41, 5.74) is 0.673. The first-order valence-corrected chi connectivity index (χ1v) is 11.9. The summed E-state index contributed by atoms with van der Waals surface area (Å²) in [6.07, 6.45) is 11.3. The van der Waals surface area contributed by atoms with Crippen LogP contribution in [0.4, 0.5) is 0 Å². The second kappa shape index (κ2) is 14.6. The van der Waals surface area contributed by atoms with Crippen LogP contribution >= 0.6 is 0 Å². The maximum atomic E-state index is 11.9. The minimum absolute atomic E-state index is 0. The molecule has 0 bridgehead atoms. The fraction of sp³-hybridized carbons (Fsp3) is 0.478. The van der Waals surface area contributed by atoms with Gasteiger partial charge in [0.2, 0.25) is 0 Å². The van der Waals surface area contributed by atoms with Crippen molar-refractivity contribution in [2.45, 2.75) is 76.0 Å². The molecule has 0 atom stereocenters. The van der Waals surface area contributed by atoms with Gasteiger partial charge in [0.1, 0.15) is 11.5 Å². The van der Waals surface area contributed by atoms with Gasteiger partial charge in [0.25, 0.3) is 10.1 Å². The van der Waals surface area contributed by atoms with Crippen molar-refractivity contribution in [3.8, 4) is 17.2 Å². The molecule has 30 heavy (non-hydrogen) atoms. The van der Waals surface area contributed by atoms with Gasteiger partial charge in [-0.2, -0.15) is 8.42 Å². The van der Waals surface area contributed by atoms with E-state index in [9.17, 15) is 18.1 Å². The fourth-order valence-corrected chi connectivity index (χ4v) is 3.82. The number of unbranched alkanes of at least 4 members (excludes halogenated alkanes) is 8. The number of benzene rings is 2. The van der Waals surface area contributed by atoms with E-state index in [1.165, 1.54) is 62.8 Å². The third-order valence-corrected chi connectivity index (χ3v) is 5.80. The van der Waals surface area contributed by atoms with Crippen LogP contribution in [0.25, 0.3) is 0 Å². The zero-order valence-electron chi connectivity index (χ0n) is 18.1. The van der Waals surface area contributed by atoms with Crippen LogP contribution in [-0.2, 0) is 16.5 Å². The van der Waals surface area contributed by atoms with Gasteiger partial charge in [-0.25, -0.2) is 0 Å². The van der Waals surface area contributed by atoms with Gasteiger partial charge in [-0.15, -0.1) is 0 Å². The molecule has 0 saturated carbocycles. The molecule has 160 valence electrons. The molecular formula is C23H31KO5S. The number of para-hydroxylation sites is 2. The van der Waals surface area contributed by atoms with Gasteiger partial charge in [0.05, 0.1) is 4.90 Å². The number of hydrogen-bond acceptors (Lipinski definition) is 4. The van der Waals surface area contributed by atoms with Crippen molar-refractivity contribution in [3.63, 3.8) is 0 Å². The van der Waals surface area contributed by atoms with Crippen molar-refractivity contribution in [3.05, 3.63) is 48.0 Å². The van der Waals surface area contributed by atoms with Gasteiger partial charge in [0, 0.05) is 0 Å². The van der Waals surface area contributed by atoms with E-state index in [0.717, 1.165) is 19.3 Å². The Morgan fingerprint density at radius 2 is 1.47 bits per heavy atom. The van der Waals surface area contributed by atoms with Crippen LogP contribution in [0.3, 0.4) is 0 Å². The number of rotatable bonds is 13. The van der Waals surface area contributed by atoms with Gasteiger partial charge in [-0.05, 0) is 42.7 Å². The van der Waals surface area contributed by atoms with Crippen LogP contribution in [0, 0.1) is 0 Å². The Morgan fingerprint density at radius 1 is 0.867 bits per heavy atom. The molecule has 0 spiro atoms. The molecule has 0 amide bonds. The molecule has 0 heterocycles. The maximum absolute atomic E-state index is 11.9. The van der Waals surface area contributed by atoms with Crippen molar-refractivity contribution in [1.29, 1.82) is 0 Å². The van der Waals surface area contributed by atoms with Crippen LogP contribution in [0.1, 0.15) is 70.3 Å². The maximum Gasteiger partial charge on any atom is 1.00 e. The molecule has 0 radical (unpaired) electrons. The molecule has 7 heteroatoms. The first-order chi connectivity index (χ1) is 13.9. The predicted molar refractivity (Wildman–Crippen MR) is 113 cm³/mol. The number of aryl methyl sites for hydroxylation is 1. The normalized spacial score (nSPS) is 11.1. The van der Waals surface area contributed by atoms with Crippen molar-refractivity contribution >= 4 is 10.1 Å². The summed E-state index contributed by atoms with van der Waals surface area (Å²) in [6, 6.07) is 10.6. The average Bonchev–Trinajstić information content (AvgIpc) is 2.68. The Balaban J connectivity index is 0.00000450. The second-order valence-corrected chi connectivity index (χ2v) is 8.79. The van der Waals surface area contributed by atoms with Gasteiger partial charge >= 0.3 is 51.4 Å². The third kappa shape index (κ3) is 9.81. The molecule has 0 aliphatic carbocycles. The first kappa shape index (κ1) is 27.6. The monoisotopic (exact) mass is 458 g/mol. The summed E-state index contributed by atoms with van der Waals surface area (Å²) in [6.45, 7) is 2.21. The molecule has 2 aromatic carbocycles. The average molecular weight is 459 g/mol. The van der Waals surface area contributed by atoms with E-state index in [0.29, 0.717) is 17.7 Å². The van der Waals surface area contributed by atoms with E-state index >= 15 is 0 Å². The zero-order valence-corrected chi connectivity index (χ0v) is 22.0. The second-order valence-electron chi connectivity index (χ2n) is 7.37. The van der Waals surface area contributed by atoms with E-state index < -0.39 is 10.1 Å². The summed E-state index contributed by atoms with van der Waals surface area (Å²) in [4.78, 5) is -0.161. The minimum atomic E-state index is -4.29. The summed E-state index contributed by atoms with van der Waals surface area (Å²) in [5, 5.41) is 11.9. The van der Waals surface area contributed by atoms with Crippen LogP contribution in [0.5, 0.6) is 17.2 Å². The SMILES string of the molecule is CCCCCCCCCCCc1cc(S(=O)(=O)O)ccc1Oc1ccccc1[O-].[K+]. The Morgan fingerprint density at radius 3 is 2.07 bits per heavy atom. The van der Waals surface area contributed by atoms with Crippen LogP contribution in [0.15, 0.2) is 47.4 Å². The molecule has 0 aromatic heterocycles. The van der Waals surface area contributed by atoms with E-state index in [1.807, 2.05) is 0 Å². The molecule has 0 unspecified atom stereocenters. The first-order valence-electron chi connectivity index (χ1n) is 10.5. The molecule has 0 aliphatic heterocycles. The van der Waals surface area contributed by atoms with Crippen molar-refractivity contribution in [2.75, 3.05) is 0 Å². The van der Waals surface area contributed by atoms with Gasteiger partial charge < -0.3 is 9.84 Å². The Bertz CT molecular complexity index is 868. The Hall–Kier alpha value is -0.414. The van der Waals surface area contributed by atoms with E-state index in [2.05, 4.69) is 6.92 Å². The largest absolute Gasteiger partial charge is 1.00 e. The molecule has 0 aliphatic rings. The fourth-order valence-electron chi connectivity index (χ4n) is 3.29. The van der Waals surface area contributed by atoms with Gasteiger partial charge in [0.15, 0.2) is 0 Å². The van der Waals surface area contributed by atoms with E-state index in [-0.39, 0.29) is 67.8 Å². The molecule has 5 nitrogen and oxygen atoms in total. The quantitative estimate of drug-likeness (QED) is 0.283. The standard InChI is InChI=1S/C23H32O5S.K/c1-2-3-4-5-6-7-8-9-10-13-19-18-20(29(25,26)27)16-17-22(19)28-23-15-12-11-14-21(23)24;/h11-12,14-18,24H,2-10,13H2,1H3,(H,25,26,27);/q;+1/p-1. The Labute approximate surface area is 223 Å². The summed E-state index contributed by atoms with van der Waals surface area (Å²) in [5.74, 6) is 0.404. The van der Waals surface area contributed by atoms with Crippen molar-refractivity contribution < 1.29 is 74.2 Å². The summed E-state index contributed by atoms with van der Waals surface area (Å²) in [7, 11) is -4.29. The predicted octanol–water partition coefficient (Wildman–Crippen LogP) is 2.88. The number of ether oxygens (including phenoxy) is 1. The minimum Gasteiger partial charge on any atom is -0.870 e. The van der Waals surface area contributed by atoms with Gasteiger partial charge in [-0.3, -0.25) is 4.55 Å². The van der Waals surface area contributed by atoms with Crippen LogP contribution in [0.2, 0.25) is 0 Å². The molecule has 1 N–H and O–H groups in total. The van der Waals surface area contributed by atoms with Crippen molar-refractivity contribution in [1.82, 2.24) is 0 Å². The van der Waals surface area contributed by atoms with E-state index in [1.54, 1.807) is 18.2 Å². The Kier molecular flexibility index (Phi) is 13.5. The zero-order chi connectivity index (χ0) is 21.1. The smallest absolute Gasteiger partial charge is 0.870 e. The molecule has 2 rings (SSSR count). The number of hydrogen-bond donors (Lipinski definition) is 1.